The van der Waals surface area contributed by atoms with E-state index in [1.807, 2.05) is 0 Å². The molecule has 1 N–H and O–H groups in total. The molecule has 0 aliphatic carbocycles. The van der Waals surface area contributed by atoms with Gasteiger partial charge in [-0.1, -0.05) is 0 Å². The number of carbonyl (C=O) groups is 1. The summed E-state index contributed by atoms with van der Waals surface area (Å²) in [6, 6.07) is 9.45. The van der Waals surface area contributed by atoms with Gasteiger partial charge in [-0.25, -0.2) is 9.89 Å². The largest absolute Gasteiger partial charge is 0.486 e. The summed E-state index contributed by atoms with van der Waals surface area (Å²) in [5.41, 5.74) is 0.513. The molecular weight excluding hydrogens is 413 g/mol. The average Bonchev–Trinajstić information content (AvgIpc) is 3.31. The fourth-order valence-electron chi connectivity index (χ4n) is 2.18. The van der Waals surface area contributed by atoms with Gasteiger partial charge in [0.05, 0.1) is 13.3 Å². The van der Waals surface area contributed by atoms with Crippen molar-refractivity contribution in [1.29, 1.82) is 0 Å². The number of halogens is 3. The van der Waals surface area contributed by atoms with Crippen LogP contribution >= 0.6 is 12.2 Å². The molecule has 12 heteroatoms. The second kappa shape index (κ2) is 8.31. The molecule has 1 aromatic carbocycles. The van der Waals surface area contributed by atoms with Gasteiger partial charge in [-0.2, -0.15) is 22.9 Å². The minimum atomic E-state index is -4.69. The third-order valence-electron chi connectivity index (χ3n) is 3.54. The van der Waals surface area contributed by atoms with Crippen molar-refractivity contribution in [2.24, 2.45) is 5.10 Å². The molecule has 0 spiro atoms. The van der Waals surface area contributed by atoms with E-state index < -0.39 is 18.0 Å². The zero-order chi connectivity index (χ0) is 21.0. The number of esters is 1. The topological polar surface area (TPSA) is 94.6 Å². The van der Waals surface area contributed by atoms with Crippen molar-refractivity contribution in [2.45, 2.75) is 12.8 Å². The van der Waals surface area contributed by atoms with Gasteiger partial charge in [0.2, 0.25) is 10.5 Å². The van der Waals surface area contributed by atoms with E-state index in [1.54, 1.807) is 30.3 Å². The Morgan fingerprint density at radius 3 is 2.69 bits per heavy atom. The van der Waals surface area contributed by atoms with Crippen molar-refractivity contribution in [2.75, 3.05) is 7.11 Å². The van der Waals surface area contributed by atoms with Crippen LogP contribution in [0.1, 0.15) is 27.7 Å². The summed E-state index contributed by atoms with van der Waals surface area (Å²) < 4.78 is 54.1. The van der Waals surface area contributed by atoms with Crippen LogP contribution in [0.3, 0.4) is 0 Å². The Balaban J connectivity index is 1.64. The predicted octanol–water partition coefficient (Wildman–Crippen LogP) is 3.80. The molecule has 0 fully saturated rings. The summed E-state index contributed by atoms with van der Waals surface area (Å²) in [6.07, 6.45) is -3.48. The molecule has 0 bridgehead atoms. The van der Waals surface area contributed by atoms with E-state index in [0.29, 0.717) is 21.7 Å². The van der Waals surface area contributed by atoms with E-state index in [4.69, 9.17) is 21.4 Å². The lowest BCUT2D eigenvalue weighted by atomic mass is 10.2. The van der Waals surface area contributed by atoms with Crippen molar-refractivity contribution in [3.05, 3.63) is 64.1 Å². The van der Waals surface area contributed by atoms with Crippen molar-refractivity contribution >= 4 is 24.4 Å². The number of carbonyl (C=O) groups excluding carboxylic acids is 1. The van der Waals surface area contributed by atoms with Crippen LogP contribution in [0.15, 0.2) is 45.9 Å². The first-order valence-electron chi connectivity index (χ1n) is 7.97. The summed E-state index contributed by atoms with van der Waals surface area (Å²) in [7, 11) is 1.25. The number of alkyl halides is 3. The molecular formula is C17H13F3N4O4S. The van der Waals surface area contributed by atoms with Crippen LogP contribution in [0.25, 0.3) is 0 Å². The zero-order valence-electron chi connectivity index (χ0n) is 14.8. The van der Waals surface area contributed by atoms with Gasteiger partial charge in [-0.05, 0) is 54.2 Å². The summed E-state index contributed by atoms with van der Waals surface area (Å²) in [5, 5.41) is 8.92. The monoisotopic (exact) mass is 426 g/mol. The fraction of sp³-hybridized carbons (Fsp3) is 0.176. The second-order valence-corrected chi connectivity index (χ2v) is 5.91. The number of ether oxygens (including phenoxy) is 2. The Labute approximate surface area is 166 Å². The van der Waals surface area contributed by atoms with Crippen LogP contribution in [0.4, 0.5) is 13.2 Å². The molecule has 0 saturated carbocycles. The SMILES string of the molecule is COC(=O)c1ccc(COc2ccc(/C=N/n3c(C(F)(F)F)n[nH]c3=S)cc2)o1. The minimum absolute atomic E-state index is 0.0637. The molecule has 8 nitrogen and oxygen atoms in total. The molecule has 152 valence electrons. The standard InChI is InChI=1S/C17H13F3N4O4S/c1-26-14(25)13-7-6-12(28-13)9-27-11-4-2-10(3-5-11)8-21-24-15(17(18,19)20)22-23-16(24)29/h2-8H,9H2,1H3,(H,23,29)/b21-8+. The number of benzene rings is 1. The molecule has 0 aliphatic heterocycles. The van der Waals surface area contributed by atoms with E-state index in [1.165, 1.54) is 19.4 Å². The van der Waals surface area contributed by atoms with Gasteiger partial charge in [0.1, 0.15) is 18.1 Å². The lowest BCUT2D eigenvalue weighted by Gasteiger charge is -2.05. The summed E-state index contributed by atoms with van der Waals surface area (Å²) in [6.45, 7) is 0.0730. The van der Waals surface area contributed by atoms with Crippen LogP contribution in [-0.4, -0.2) is 34.2 Å². The number of aromatic nitrogens is 3. The second-order valence-electron chi connectivity index (χ2n) is 5.52. The van der Waals surface area contributed by atoms with Crippen LogP contribution < -0.4 is 4.74 Å². The number of methoxy groups -OCH3 is 1. The van der Waals surface area contributed by atoms with Crippen LogP contribution in [0.5, 0.6) is 5.75 Å². The summed E-state index contributed by atoms with van der Waals surface area (Å²) in [4.78, 5) is 11.3. The lowest BCUT2D eigenvalue weighted by Crippen LogP contribution is -2.12. The quantitative estimate of drug-likeness (QED) is 0.366. The van der Waals surface area contributed by atoms with Gasteiger partial charge in [0.25, 0.3) is 5.82 Å². The van der Waals surface area contributed by atoms with Gasteiger partial charge >= 0.3 is 12.1 Å². The molecule has 2 aromatic heterocycles. The molecule has 29 heavy (non-hydrogen) atoms. The molecule has 0 amide bonds. The molecule has 0 saturated heterocycles. The van der Waals surface area contributed by atoms with E-state index in [9.17, 15) is 18.0 Å². The highest BCUT2D eigenvalue weighted by atomic mass is 32.1. The summed E-state index contributed by atoms with van der Waals surface area (Å²) in [5.74, 6) is -0.873. The maximum absolute atomic E-state index is 12.9. The van der Waals surface area contributed by atoms with Gasteiger partial charge in [0, 0.05) is 0 Å². The van der Waals surface area contributed by atoms with Crippen molar-refractivity contribution in [1.82, 2.24) is 14.9 Å². The number of aromatic amines is 1. The number of furan rings is 1. The molecule has 0 unspecified atom stereocenters. The molecule has 2 heterocycles. The average molecular weight is 426 g/mol. The van der Waals surface area contributed by atoms with Crippen molar-refractivity contribution < 1.29 is 31.9 Å². The minimum Gasteiger partial charge on any atom is -0.486 e. The van der Waals surface area contributed by atoms with Crippen molar-refractivity contribution in [3.63, 3.8) is 0 Å². The van der Waals surface area contributed by atoms with E-state index in [0.717, 1.165) is 0 Å². The Bertz CT molecular complexity index is 1080. The highest BCUT2D eigenvalue weighted by molar-refractivity contribution is 7.71. The maximum Gasteiger partial charge on any atom is 0.453 e. The molecule has 0 atom stereocenters. The molecule has 3 rings (SSSR count). The first-order chi connectivity index (χ1) is 13.8. The molecule has 3 aromatic rings. The van der Waals surface area contributed by atoms with E-state index in [-0.39, 0.29) is 17.1 Å². The Morgan fingerprint density at radius 1 is 1.31 bits per heavy atom. The Hall–Kier alpha value is -3.41. The molecule has 0 aliphatic rings. The predicted molar refractivity (Wildman–Crippen MR) is 96.2 cm³/mol. The highest BCUT2D eigenvalue weighted by Crippen LogP contribution is 2.27. The normalized spacial score (nSPS) is 11.7. The van der Waals surface area contributed by atoms with Crippen molar-refractivity contribution in [3.8, 4) is 5.75 Å². The number of hydrogen-bond donors (Lipinski definition) is 1. The molecule has 0 radical (unpaired) electrons. The first kappa shape index (κ1) is 20.3. The van der Waals surface area contributed by atoms with Crippen LogP contribution in [0, 0.1) is 4.77 Å². The smallest absolute Gasteiger partial charge is 0.453 e. The lowest BCUT2D eigenvalue weighted by molar-refractivity contribution is -0.147. The Kier molecular flexibility index (Phi) is 5.82. The van der Waals surface area contributed by atoms with Gasteiger partial charge < -0.3 is 13.9 Å². The fourth-order valence-corrected chi connectivity index (χ4v) is 2.36. The highest BCUT2D eigenvalue weighted by Gasteiger charge is 2.37. The number of hydrogen-bond acceptors (Lipinski definition) is 7. The zero-order valence-corrected chi connectivity index (χ0v) is 15.6. The van der Waals surface area contributed by atoms with E-state index >= 15 is 0 Å². The first-order valence-corrected chi connectivity index (χ1v) is 8.37. The van der Waals surface area contributed by atoms with Gasteiger partial charge in [-0.3, -0.25) is 0 Å². The number of nitrogens with zero attached hydrogens (tertiary/aromatic N) is 3. The maximum atomic E-state index is 12.9. The van der Waals surface area contributed by atoms with Crippen LogP contribution in [0.2, 0.25) is 0 Å². The van der Waals surface area contributed by atoms with Crippen LogP contribution in [-0.2, 0) is 17.5 Å². The number of rotatable bonds is 6. The Morgan fingerprint density at radius 2 is 2.03 bits per heavy atom. The van der Waals surface area contributed by atoms with E-state index in [2.05, 4.69) is 20.0 Å². The van der Waals surface area contributed by atoms with Gasteiger partial charge in [-0.15, -0.1) is 5.10 Å². The number of nitrogens with one attached hydrogen (secondary N) is 1. The number of H-pyrrole nitrogens is 1. The third-order valence-corrected chi connectivity index (χ3v) is 3.80. The summed E-state index contributed by atoms with van der Waals surface area (Å²) >= 11 is 4.76. The van der Waals surface area contributed by atoms with Gasteiger partial charge in [0.15, 0.2) is 0 Å². The third kappa shape index (κ3) is 4.90.